The van der Waals surface area contributed by atoms with Crippen molar-refractivity contribution in [2.75, 3.05) is 45.4 Å². The van der Waals surface area contributed by atoms with Crippen LogP contribution in [0.25, 0.3) is 0 Å². The zero-order valence-electron chi connectivity index (χ0n) is 14.9. The molecule has 25 heavy (non-hydrogen) atoms. The van der Waals surface area contributed by atoms with Gasteiger partial charge in [0.25, 0.3) is 0 Å². The molecule has 0 unspecified atom stereocenters. The number of hydrogen-bond acceptors (Lipinski definition) is 5. The summed E-state index contributed by atoms with van der Waals surface area (Å²) >= 11 is 0. The van der Waals surface area contributed by atoms with Gasteiger partial charge in [-0.25, -0.2) is 0 Å². The maximum absolute atomic E-state index is 12.8. The lowest BCUT2D eigenvalue weighted by Gasteiger charge is -2.34. The highest BCUT2D eigenvalue weighted by atomic mass is 16.5. The van der Waals surface area contributed by atoms with Gasteiger partial charge in [-0.2, -0.15) is 0 Å². The first-order chi connectivity index (χ1) is 12.0. The van der Waals surface area contributed by atoms with E-state index in [9.17, 15) is 9.59 Å². The van der Waals surface area contributed by atoms with Gasteiger partial charge in [-0.1, -0.05) is 0 Å². The van der Waals surface area contributed by atoms with Crippen LogP contribution in [0.1, 0.15) is 13.3 Å². The molecule has 1 aromatic rings. The zero-order valence-corrected chi connectivity index (χ0v) is 14.9. The second-order valence-electron chi connectivity index (χ2n) is 6.40. The summed E-state index contributed by atoms with van der Waals surface area (Å²) in [4.78, 5) is 28.8. The molecule has 7 nitrogen and oxygen atoms in total. The highest BCUT2D eigenvalue weighted by molar-refractivity contribution is 6.00. The van der Waals surface area contributed by atoms with Gasteiger partial charge in [0, 0.05) is 31.3 Å². The van der Waals surface area contributed by atoms with E-state index in [-0.39, 0.29) is 30.2 Å². The van der Waals surface area contributed by atoms with E-state index in [0.717, 1.165) is 0 Å². The minimum atomic E-state index is -0.318. The minimum Gasteiger partial charge on any atom is -0.493 e. The highest BCUT2D eigenvalue weighted by Gasteiger charge is 2.39. The highest BCUT2D eigenvalue weighted by Crippen LogP contribution is 2.34. The van der Waals surface area contributed by atoms with E-state index in [4.69, 9.17) is 14.2 Å². The van der Waals surface area contributed by atoms with Gasteiger partial charge in [-0.05, 0) is 19.1 Å². The van der Waals surface area contributed by atoms with Gasteiger partial charge >= 0.3 is 0 Å². The summed E-state index contributed by atoms with van der Waals surface area (Å²) in [6.07, 6.45) is 0.233. The largest absolute Gasteiger partial charge is 0.493 e. The quantitative estimate of drug-likeness (QED) is 0.820. The fraction of sp³-hybridized carbons (Fsp3) is 0.556. The number of carbonyl (C=O) groups is 2. The molecule has 2 heterocycles. The molecule has 136 valence electrons. The molecule has 0 saturated carbocycles. The first kappa shape index (κ1) is 17.5. The number of carbonyl (C=O) groups excluding carboxylic acids is 2. The number of anilines is 1. The molecule has 0 radical (unpaired) electrons. The molecule has 0 aliphatic carbocycles. The fourth-order valence-corrected chi connectivity index (χ4v) is 3.40. The molecular formula is C18H24N2O5. The van der Waals surface area contributed by atoms with Crippen LogP contribution in [-0.2, 0) is 14.3 Å². The van der Waals surface area contributed by atoms with Crippen molar-refractivity contribution >= 4 is 17.5 Å². The fourth-order valence-electron chi connectivity index (χ4n) is 3.40. The lowest BCUT2D eigenvalue weighted by molar-refractivity contribution is -0.143. The van der Waals surface area contributed by atoms with E-state index in [2.05, 4.69) is 0 Å². The number of morpholine rings is 1. The topological polar surface area (TPSA) is 68.3 Å². The van der Waals surface area contributed by atoms with E-state index in [1.807, 2.05) is 17.9 Å². The van der Waals surface area contributed by atoms with Crippen molar-refractivity contribution in [3.8, 4) is 11.5 Å². The van der Waals surface area contributed by atoms with Gasteiger partial charge in [0.1, 0.15) is 0 Å². The van der Waals surface area contributed by atoms with E-state index >= 15 is 0 Å². The Morgan fingerprint density at radius 3 is 2.68 bits per heavy atom. The van der Waals surface area contributed by atoms with Crippen LogP contribution in [0, 0.1) is 5.92 Å². The number of ether oxygens (including phenoxy) is 3. The Morgan fingerprint density at radius 2 is 2.00 bits per heavy atom. The summed E-state index contributed by atoms with van der Waals surface area (Å²) in [5.41, 5.74) is 0.716. The van der Waals surface area contributed by atoms with E-state index in [1.165, 1.54) is 0 Å². The van der Waals surface area contributed by atoms with Crippen molar-refractivity contribution < 1.29 is 23.8 Å². The van der Waals surface area contributed by atoms with Gasteiger partial charge in [0.05, 0.1) is 39.4 Å². The Labute approximate surface area is 147 Å². The molecule has 1 aromatic carbocycles. The van der Waals surface area contributed by atoms with Gasteiger partial charge in [0.15, 0.2) is 11.5 Å². The third kappa shape index (κ3) is 3.42. The van der Waals surface area contributed by atoms with E-state index in [0.29, 0.717) is 43.5 Å². The number of amides is 2. The molecule has 2 fully saturated rings. The predicted molar refractivity (Wildman–Crippen MR) is 92.0 cm³/mol. The summed E-state index contributed by atoms with van der Waals surface area (Å²) in [6, 6.07) is 5.39. The van der Waals surface area contributed by atoms with Gasteiger partial charge in [-0.15, -0.1) is 0 Å². The number of hydrogen-bond donors (Lipinski definition) is 0. The van der Waals surface area contributed by atoms with E-state index in [1.54, 1.807) is 31.3 Å². The second-order valence-corrected chi connectivity index (χ2v) is 6.40. The monoisotopic (exact) mass is 348 g/mol. The number of methoxy groups -OCH3 is 2. The standard InChI is InChI=1S/C18H24N2O5/c1-12-11-25-7-6-19(12)18(22)13-8-17(21)20(10-13)14-4-5-15(23-2)16(9-14)24-3/h4-5,9,12-13H,6-8,10-11H2,1-3H3/t12-,13+/m0/s1. The molecule has 2 saturated heterocycles. The SMILES string of the molecule is COc1ccc(N2C[C@H](C(=O)N3CCOC[C@@H]3C)CC2=O)cc1OC. The van der Waals surface area contributed by atoms with Crippen molar-refractivity contribution in [2.24, 2.45) is 5.92 Å². The number of rotatable bonds is 4. The van der Waals surface area contributed by atoms with Crippen LogP contribution < -0.4 is 14.4 Å². The lowest BCUT2D eigenvalue weighted by Crippen LogP contribution is -2.49. The van der Waals surface area contributed by atoms with Crippen LogP contribution in [0.4, 0.5) is 5.69 Å². The summed E-state index contributed by atoms with van der Waals surface area (Å²) in [5, 5.41) is 0. The third-order valence-electron chi connectivity index (χ3n) is 4.80. The van der Waals surface area contributed by atoms with Crippen LogP contribution in [-0.4, -0.2) is 63.3 Å². The molecule has 0 bridgehead atoms. The first-order valence-corrected chi connectivity index (χ1v) is 8.45. The Balaban J connectivity index is 1.75. The van der Waals surface area contributed by atoms with Gasteiger partial charge in [-0.3, -0.25) is 9.59 Å². The maximum Gasteiger partial charge on any atom is 0.228 e. The summed E-state index contributed by atoms with van der Waals surface area (Å²) < 4.78 is 15.9. The van der Waals surface area contributed by atoms with Gasteiger partial charge < -0.3 is 24.0 Å². The molecule has 0 aromatic heterocycles. The van der Waals surface area contributed by atoms with Crippen molar-refractivity contribution in [3.63, 3.8) is 0 Å². The van der Waals surface area contributed by atoms with Crippen molar-refractivity contribution in [1.82, 2.24) is 4.90 Å². The van der Waals surface area contributed by atoms with Crippen LogP contribution >= 0.6 is 0 Å². The molecule has 2 atom stereocenters. The van der Waals surface area contributed by atoms with Crippen LogP contribution in [0.2, 0.25) is 0 Å². The Kier molecular flexibility index (Phi) is 5.13. The molecule has 2 aliphatic rings. The molecule has 2 aliphatic heterocycles. The maximum atomic E-state index is 12.8. The Morgan fingerprint density at radius 1 is 1.24 bits per heavy atom. The first-order valence-electron chi connectivity index (χ1n) is 8.45. The zero-order chi connectivity index (χ0) is 18.0. The van der Waals surface area contributed by atoms with Crippen LogP contribution in [0.15, 0.2) is 18.2 Å². The summed E-state index contributed by atoms with van der Waals surface area (Å²) in [5.74, 6) is 0.830. The molecule has 0 N–H and O–H groups in total. The molecule has 3 rings (SSSR count). The van der Waals surface area contributed by atoms with Gasteiger partial charge in [0.2, 0.25) is 11.8 Å². The molecule has 0 spiro atoms. The van der Waals surface area contributed by atoms with Crippen molar-refractivity contribution in [2.45, 2.75) is 19.4 Å². The average molecular weight is 348 g/mol. The molecule has 7 heteroatoms. The van der Waals surface area contributed by atoms with E-state index < -0.39 is 0 Å². The molecule has 2 amide bonds. The predicted octanol–water partition coefficient (Wildman–Crippen LogP) is 1.30. The van der Waals surface area contributed by atoms with Crippen molar-refractivity contribution in [1.29, 1.82) is 0 Å². The Bertz CT molecular complexity index is 663. The normalized spacial score (nSPS) is 23.7. The average Bonchev–Trinajstić information content (AvgIpc) is 3.02. The second kappa shape index (κ2) is 7.31. The Hall–Kier alpha value is -2.28. The number of benzene rings is 1. The smallest absolute Gasteiger partial charge is 0.228 e. The molecular weight excluding hydrogens is 324 g/mol. The summed E-state index contributed by atoms with van der Waals surface area (Å²) in [6.45, 7) is 4.04. The minimum absolute atomic E-state index is 0.0344. The number of nitrogens with zero attached hydrogens (tertiary/aromatic N) is 2. The lowest BCUT2D eigenvalue weighted by atomic mass is 10.1. The summed E-state index contributed by atoms with van der Waals surface area (Å²) in [7, 11) is 3.12. The third-order valence-corrected chi connectivity index (χ3v) is 4.80. The van der Waals surface area contributed by atoms with Crippen LogP contribution in [0.5, 0.6) is 11.5 Å². The van der Waals surface area contributed by atoms with Crippen molar-refractivity contribution in [3.05, 3.63) is 18.2 Å². The van der Waals surface area contributed by atoms with Crippen LogP contribution in [0.3, 0.4) is 0 Å².